The van der Waals surface area contributed by atoms with Crippen molar-refractivity contribution in [3.8, 4) is 17.7 Å². The minimum absolute atomic E-state index is 0.0521. The molecule has 3 aromatic rings. The lowest BCUT2D eigenvalue weighted by Gasteiger charge is -2.27. The maximum absolute atomic E-state index is 11.9. The van der Waals surface area contributed by atoms with Crippen LogP contribution in [-0.4, -0.2) is 47.0 Å². The third kappa shape index (κ3) is 5.49. The largest absolute Gasteiger partial charge is 0.437 e. The van der Waals surface area contributed by atoms with Crippen LogP contribution >= 0.6 is 0 Å². The number of aryl methyl sites for hydroxylation is 2. The van der Waals surface area contributed by atoms with E-state index in [4.69, 9.17) is 10.5 Å². The fourth-order valence-corrected chi connectivity index (χ4v) is 3.90. The third-order valence-electron chi connectivity index (χ3n) is 5.63. The van der Waals surface area contributed by atoms with Crippen molar-refractivity contribution in [1.29, 1.82) is 5.26 Å². The van der Waals surface area contributed by atoms with Gasteiger partial charge in [0.25, 0.3) is 5.91 Å². The Labute approximate surface area is 198 Å². The minimum atomic E-state index is -0.692. The molecular weight excluding hydrogens is 430 g/mol. The van der Waals surface area contributed by atoms with Gasteiger partial charge < -0.3 is 21.1 Å². The summed E-state index contributed by atoms with van der Waals surface area (Å²) in [4.78, 5) is 23.0. The monoisotopic (exact) mass is 457 g/mol. The van der Waals surface area contributed by atoms with Crippen molar-refractivity contribution in [3.63, 3.8) is 0 Å². The van der Waals surface area contributed by atoms with Gasteiger partial charge in [-0.1, -0.05) is 12.1 Å². The number of carbonyl (C=O) groups excluding carboxylic acids is 1. The van der Waals surface area contributed by atoms with Crippen molar-refractivity contribution in [2.75, 3.05) is 31.5 Å². The number of nitriles is 1. The van der Waals surface area contributed by atoms with Gasteiger partial charge in [0.1, 0.15) is 11.3 Å². The molecule has 1 aliphatic rings. The van der Waals surface area contributed by atoms with Gasteiger partial charge in [0, 0.05) is 44.6 Å². The number of amides is 1. The summed E-state index contributed by atoms with van der Waals surface area (Å²) in [5.41, 5.74) is 9.66. The molecule has 0 unspecified atom stereocenters. The number of primary amides is 1. The van der Waals surface area contributed by atoms with E-state index >= 15 is 0 Å². The number of hydrogen-bond donors (Lipinski definition) is 3. The van der Waals surface area contributed by atoms with E-state index < -0.39 is 5.91 Å². The van der Waals surface area contributed by atoms with E-state index in [0.717, 1.165) is 49.5 Å². The first kappa shape index (κ1) is 23.2. The van der Waals surface area contributed by atoms with Gasteiger partial charge >= 0.3 is 0 Å². The molecule has 1 aromatic heterocycles. The molecule has 174 valence electrons. The number of piperazine rings is 1. The molecule has 34 heavy (non-hydrogen) atoms. The molecule has 4 rings (SSSR count). The van der Waals surface area contributed by atoms with Crippen molar-refractivity contribution in [3.05, 3.63) is 70.4 Å². The van der Waals surface area contributed by atoms with Crippen LogP contribution in [0.5, 0.6) is 11.6 Å². The quantitative estimate of drug-likeness (QED) is 0.494. The standard InChI is InChI=1S/C25H27N7O2/c1-16-11-19(13-26)12-17(2)22(16)34-24-21(23(27)33)14-29-25(31-24)30-20-5-3-18(4-6-20)15-32-9-7-28-8-10-32/h3-6,11-12,14,28H,7-10,15H2,1-2H3,(H2,27,33)(H,29,30,31). The molecule has 1 fully saturated rings. The van der Waals surface area contributed by atoms with Crippen LogP contribution < -0.4 is 21.1 Å². The summed E-state index contributed by atoms with van der Waals surface area (Å²) in [6.07, 6.45) is 1.35. The highest BCUT2D eigenvalue weighted by Crippen LogP contribution is 2.31. The molecule has 4 N–H and O–H groups in total. The van der Waals surface area contributed by atoms with Crippen LogP contribution in [-0.2, 0) is 6.54 Å². The fourth-order valence-electron chi connectivity index (χ4n) is 3.90. The summed E-state index contributed by atoms with van der Waals surface area (Å²) < 4.78 is 6.00. The van der Waals surface area contributed by atoms with E-state index in [2.05, 4.69) is 43.7 Å². The maximum atomic E-state index is 11.9. The van der Waals surface area contributed by atoms with Crippen LogP contribution in [0.25, 0.3) is 0 Å². The molecule has 0 saturated carbocycles. The van der Waals surface area contributed by atoms with Crippen LogP contribution in [0.1, 0.15) is 32.6 Å². The first-order chi connectivity index (χ1) is 16.4. The Bertz CT molecular complexity index is 1210. The molecule has 0 radical (unpaired) electrons. The molecule has 0 spiro atoms. The van der Waals surface area contributed by atoms with Crippen LogP contribution in [0, 0.1) is 25.2 Å². The number of ether oxygens (including phenoxy) is 1. The number of anilines is 2. The second-order valence-corrected chi connectivity index (χ2v) is 8.28. The molecular formula is C25H27N7O2. The van der Waals surface area contributed by atoms with Crippen LogP contribution in [0.2, 0.25) is 0 Å². The lowest BCUT2D eigenvalue weighted by Crippen LogP contribution is -2.42. The Kier molecular flexibility index (Phi) is 7.01. The molecule has 2 aromatic carbocycles. The van der Waals surface area contributed by atoms with Crippen molar-refractivity contribution < 1.29 is 9.53 Å². The number of rotatable bonds is 7. The van der Waals surface area contributed by atoms with Gasteiger partial charge in [-0.15, -0.1) is 0 Å². The molecule has 0 bridgehead atoms. The minimum Gasteiger partial charge on any atom is -0.437 e. The Morgan fingerprint density at radius 2 is 1.88 bits per heavy atom. The van der Waals surface area contributed by atoms with Gasteiger partial charge in [-0.25, -0.2) is 4.98 Å². The smallest absolute Gasteiger partial charge is 0.255 e. The SMILES string of the molecule is Cc1cc(C#N)cc(C)c1Oc1nc(Nc2ccc(CN3CCNCC3)cc2)ncc1C(N)=O. The van der Waals surface area contributed by atoms with E-state index in [0.29, 0.717) is 11.3 Å². The van der Waals surface area contributed by atoms with E-state index in [1.54, 1.807) is 12.1 Å². The van der Waals surface area contributed by atoms with Gasteiger partial charge in [0.05, 0.1) is 11.6 Å². The van der Waals surface area contributed by atoms with Gasteiger partial charge in [-0.3, -0.25) is 9.69 Å². The van der Waals surface area contributed by atoms with Gasteiger partial charge in [-0.05, 0) is 54.8 Å². The normalized spacial score (nSPS) is 13.8. The number of nitrogens with zero attached hydrogens (tertiary/aromatic N) is 4. The number of hydrogen-bond acceptors (Lipinski definition) is 8. The topological polar surface area (TPSA) is 129 Å². The number of nitrogens with one attached hydrogen (secondary N) is 2. The molecule has 1 aliphatic heterocycles. The number of aromatic nitrogens is 2. The summed E-state index contributed by atoms with van der Waals surface area (Å²) >= 11 is 0. The summed E-state index contributed by atoms with van der Waals surface area (Å²) in [7, 11) is 0. The predicted octanol–water partition coefficient (Wildman–Crippen LogP) is 3.01. The van der Waals surface area contributed by atoms with E-state index in [1.807, 2.05) is 26.0 Å². The summed E-state index contributed by atoms with van der Waals surface area (Å²) in [5.74, 6) is 0.154. The molecule has 2 heterocycles. The first-order valence-corrected chi connectivity index (χ1v) is 11.1. The number of carbonyl (C=O) groups is 1. The highest BCUT2D eigenvalue weighted by Gasteiger charge is 2.17. The highest BCUT2D eigenvalue weighted by molar-refractivity contribution is 5.95. The molecule has 0 atom stereocenters. The predicted molar refractivity (Wildman–Crippen MR) is 129 cm³/mol. The van der Waals surface area contributed by atoms with Crippen LogP contribution in [0.15, 0.2) is 42.6 Å². The summed E-state index contributed by atoms with van der Waals surface area (Å²) in [6.45, 7) is 8.69. The van der Waals surface area contributed by atoms with Gasteiger partial charge in [0.2, 0.25) is 11.8 Å². The first-order valence-electron chi connectivity index (χ1n) is 11.1. The molecule has 1 amide bonds. The van der Waals surface area contributed by atoms with Gasteiger partial charge in [0.15, 0.2) is 0 Å². The lowest BCUT2D eigenvalue weighted by atomic mass is 10.1. The zero-order chi connectivity index (χ0) is 24.1. The van der Waals surface area contributed by atoms with Gasteiger partial charge in [-0.2, -0.15) is 10.2 Å². The molecule has 0 aliphatic carbocycles. The van der Waals surface area contributed by atoms with Crippen LogP contribution in [0.4, 0.5) is 11.6 Å². The Hall–Kier alpha value is -4.00. The third-order valence-corrected chi connectivity index (χ3v) is 5.63. The fraction of sp³-hybridized carbons (Fsp3) is 0.280. The van der Waals surface area contributed by atoms with Crippen molar-refractivity contribution in [2.24, 2.45) is 5.73 Å². The zero-order valence-corrected chi connectivity index (χ0v) is 19.3. The maximum Gasteiger partial charge on any atom is 0.255 e. The Morgan fingerprint density at radius 3 is 2.50 bits per heavy atom. The van der Waals surface area contributed by atoms with Crippen molar-refractivity contribution in [2.45, 2.75) is 20.4 Å². The van der Waals surface area contributed by atoms with Crippen molar-refractivity contribution >= 4 is 17.5 Å². The average molecular weight is 458 g/mol. The Morgan fingerprint density at radius 1 is 1.21 bits per heavy atom. The van der Waals surface area contributed by atoms with Crippen molar-refractivity contribution in [1.82, 2.24) is 20.2 Å². The average Bonchev–Trinajstić information content (AvgIpc) is 2.83. The molecule has 9 heteroatoms. The van der Waals surface area contributed by atoms with E-state index in [9.17, 15) is 10.1 Å². The van der Waals surface area contributed by atoms with Crippen LogP contribution in [0.3, 0.4) is 0 Å². The summed E-state index contributed by atoms with van der Waals surface area (Å²) in [6, 6.07) is 13.6. The number of nitrogens with two attached hydrogens (primary N) is 1. The van der Waals surface area contributed by atoms with E-state index in [1.165, 1.54) is 11.8 Å². The number of benzene rings is 2. The summed E-state index contributed by atoms with van der Waals surface area (Å²) in [5, 5.41) is 15.7. The highest BCUT2D eigenvalue weighted by atomic mass is 16.5. The lowest BCUT2D eigenvalue weighted by molar-refractivity contribution is 0.0997. The second kappa shape index (κ2) is 10.3. The Balaban J connectivity index is 1.53. The molecule has 9 nitrogen and oxygen atoms in total. The zero-order valence-electron chi connectivity index (χ0n) is 19.3. The van der Waals surface area contributed by atoms with E-state index in [-0.39, 0.29) is 17.4 Å². The molecule has 1 saturated heterocycles. The second-order valence-electron chi connectivity index (χ2n) is 8.28.